The number of rotatable bonds is 9. The van der Waals surface area contributed by atoms with Crippen LogP contribution in [0.15, 0.2) is 78.9 Å². The summed E-state index contributed by atoms with van der Waals surface area (Å²) in [5.41, 5.74) is 5.05. The van der Waals surface area contributed by atoms with Crippen LogP contribution < -0.4 is 5.32 Å². The number of nitrogens with one attached hydrogen (secondary N) is 1. The molecule has 1 N–H and O–H groups in total. The first kappa shape index (κ1) is 19.6. The van der Waals surface area contributed by atoms with E-state index in [-0.39, 0.29) is 6.10 Å². The highest BCUT2D eigenvalue weighted by molar-refractivity contribution is 6.30. The third kappa shape index (κ3) is 6.21. The minimum absolute atomic E-state index is 0.00465. The van der Waals surface area contributed by atoms with Crippen LogP contribution in [0.1, 0.15) is 28.4 Å². The van der Waals surface area contributed by atoms with Crippen molar-refractivity contribution in [3.63, 3.8) is 0 Å². The van der Waals surface area contributed by atoms with Gasteiger partial charge in [0.2, 0.25) is 0 Å². The molecule has 3 rings (SSSR count). The van der Waals surface area contributed by atoms with Gasteiger partial charge < -0.3 is 10.1 Å². The molecular weight excluding hydrogens is 354 g/mol. The smallest absolute Gasteiger partial charge is 0.0953 e. The largest absolute Gasteiger partial charge is 0.368 e. The van der Waals surface area contributed by atoms with Crippen LogP contribution in [0, 0.1) is 0 Å². The molecule has 0 aliphatic rings. The molecule has 0 spiro atoms. The number of ether oxygens (including phenoxy) is 1. The highest BCUT2D eigenvalue weighted by Crippen LogP contribution is 2.21. The predicted molar refractivity (Wildman–Crippen MR) is 113 cm³/mol. The van der Waals surface area contributed by atoms with Gasteiger partial charge in [-0.1, -0.05) is 78.3 Å². The Morgan fingerprint density at radius 1 is 0.778 bits per heavy atom. The van der Waals surface area contributed by atoms with Crippen LogP contribution in [0.2, 0.25) is 5.02 Å². The van der Waals surface area contributed by atoms with E-state index in [9.17, 15) is 0 Å². The maximum Gasteiger partial charge on any atom is 0.0953 e. The second-order valence-corrected chi connectivity index (χ2v) is 7.15. The van der Waals surface area contributed by atoms with E-state index in [0.717, 1.165) is 30.0 Å². The Morgan fingerprint density at radius 3 is 2.00 bits per heavy atom. The average Bonchev–Trinajstić information content (AvgIpc) is 2.72. The van der Waals surface area contributed by atoms with Gasteiger partial charge in [-0.05, 0) is 54.3 Å². The van der Waals surface area contributed by atoms with E-state index in [2.05, 4.69) is 59.9 Å². The predicted octanol–water partition coefficient (Wildman–Crippen LogP) is 5.60. The lowest BCUT2D eigenvalue weighted by Crippen LogP contribution is -2.19. The maximum atomic E-state index is 6.16. The Kier molecular flexibility index (Phi) is 7.46. The SMILES string of the molecule is CNCC(OCc1ccc(CCc2ccccc2)cc1)c1ccc(Cl)cc1. The van der Waals surface area contributed by atoms with E-state index < -0.39 is 0 Å². The van der Waals surface area contributed by atoms with E-state index in [1.54, 1.807) is 0 Å². The minimum Gasteiger partial charge on any atom is -0.368 e. The first-order valence-electron chi connectivity index (χ1n) is 9.38. The zero-order chi connectivity index (χ0) is 18.9. The van der Waals surface area contributed by atoms with Crippen molar-refractivity contribution in [3.8, 4) is 0 Å². The van der Waals surface area contributed by atoms with Crippen LogP contribution in [0.25, 0.3) is 0 Å². The third-order valence-corrected chi connectivity index (χ3v) is 4.90. The molecule has 27 heavy (non-hydrogen) atoms. The Labute approximate surface area is 167 Å². The molecule has 3 aromatic rings. The number of hydrogen-bond acceptors (Lipinski definition) is 2. The topological polar surface area (TPSA) is 21.3 Å². The Bertz CT molecular complexity index is 800. The fraction of sp³-hybridized carbons (Fsp3) is 0.250. The summed E-state index contributed by atoms with van der Waals surface area (Å²) in [6.07, 6.45) is 2.13. The third-order valence-electron chi connectivity index (χ3n) is 4.65. The van der Waals surface area contributed by atoms with Gasteiger partial charge >= 0.3 is 0 Å². The highest BCUT2D eigenvalue weighted by atomic mass is 35.5. The summed E-state index contributed by atoms with van der Waals surface area (Å²) < 4.78 is 6.16. The molecule has 2 nitrogen and oxygen atoms in total. The Morgan fingerprint density at radius 2 is 1.37 bits per heavy atom. The van der Waals surface area contributed by atoms with Gasteiger partial charge in [0.1, 0.15) is 0 Å². The van der Waals surface area contributed by atoms with Gasteiger partial charge in [-0.3, -0.25) is 0 Å². The molecule has 1 unspecified atom stereocenters. The summed E-state index contributed by atoms with van der Waals surface area (Å²) in [5, 5.41) is 3.94. The van der Waals surface area contributed by atoms with Crippen molar-refractivity contribution in [1.29, 1.82) is 0 Å². The van der Waals surface area contributed by atoms with Crippen molar-refractivity contribution < 1.29 is 4.74 Å². The molecule has 0 aliphatic heterocycles. The van der Waals surface area contributed by atoms with Gasteiger partial charge in [0.25, 0.3) is 0 Å². The zero-order valence-corrected chi connectivity index (χ0v) is 16.5. The highest BCUT2D eigenvalue weighted by Gasteiger charge is 2.11. The molecule has 140 valence electrons. The van der Waals surface area contributed by atoms with Crippen molar-refractivity contribution in [2.24, 2.45) is 0 Å². The van der Waals surface area contributed by atoms with Gasteiger partial charge in [-0.2, -0.15) is 0 Å². The second kappa shape index (κ2) is 10.3. The number of aryl methyl sites for hydroxylation is 2. The lowest BCUT2D eigenvalue weighted by atomic mass is 10.0. The van der Waals surface area contributed by atoms with Crippen molar-refractivity contribution in [2.45, 2.75) is 25.6 Å². The Hall–Kier alpha value is -2.13. The molecule has 0 fully saturated rings. The summed E-state index contributed by atoms with van der Waals surface area (Å²) in [6.45, 7) is 1.35. The van der Waals surface area contributed by atoms with E-state index in [4.69, 9.17) is 16.3 Å². The summed E-state index contributed by atoms with van der Waals surface area (Å²) in [4.78, 5) is 0. The van der Waals surface area contributed by atoms with E-state index in [0.29, 0.717) is 6.61 Å². The van der Waals surface area contributed by atoms with Crippen LogP contribution >= 0.6 is 11.6 Å². The standard InChI is InChI=1S/C24H26ClNO/c1-26-17-24(22-13-15-23(25)16-14-22)27-18-21-11-9-20(10-12-21)8-7-19-5-3-2-4-6-19/h2-6,9-16,24,26H,7-8,17-18H2,1H3. The van der Waals surface area contributed by atoms with E-state index in [1.165, 1.54) is 16.7 Å². The van der Waals surface area contributed by atoms with Crippen molar-refractivity contribution in [1.82, 2.24) is 5.32 Å². The van der Waals surface area contributed by atoms with Gasteiger partial charge in [0.05, 0.1) is 12.7 Å². The molecule has 0 bridgehead atoms. The van der Waals surface area contributed by atoms with Crippen LogP contribution in [-0.4, -0.2) is 13.6 Å². The number of likely N-dealkylation sites (N-methyl/N-ethyl adjacent to an activating group) is 1. The number of benzene rings is 3. The van der Waals surface area contributed by atoms with Crippen molar-refractivity contribution >= 4 is 11.6 Å². The normalized spacial score (nSPS) is 12.1. The van der Waals surface area contributed by atoms with Crippen LogP contribution in [0.5, 0.6) is 0 Å². The van der Waals surface area contributed by atoms with Crippen LogP contribution in [-0.2, 0) is 24.2 Å². The molecule has 0 heterocycles. The molecule has 3 aromatic carbocycles. The molecule has 3 heteroatoms. The maximum absolute atomic E-state index is 6.16. The Balaban J connectivity index is 1.54. The molecule has 0 aromatic heterocycles. The van der Waals surface area contributed by atoms with Crippen LogP contribution in [0.3, 0.4) is 0 Å². The molecule has 0 saturated heterocycles. The first-order chi connectivity index (χ1) is 13.2. The molecule has 1 atom stereocenters. The molecule has 0 saturated carbocycles. The second-order valence-electron chi connectivity index (χ2n) is 6.71. The van der Waals surface area contributed by atoms with E-state index in [1.807, 2.05) is 31.3 Å². The van der Waals surface area contributed by atoms with Gasteiger partial charge in [0, 0.05) is 11.6 Å². The fourth-order valence-corrected chi connectivity index (χ4v) is 3.19. The summed E-state index contributed by atoms with van der Waals surface area (Å²) in [7, 11) is 1.94. The minimum atomic E-state index is 0.00465. The van der Waals surface area contributed by atoms with E-state index >= 15 is 0 Å². The molecular formula is C24H26ClNO. The lowest BCUT2D eigenvalue weighted by Gasteiger charge is -2.18. The summed E-state index contributed by atoms with van der Waals surface area (Å²) >= 11 is 5.99. The molecule has 0 amide bonds. The quantitative estimate of drug-likeness (QED) is 0.522. The molecule has 0 aliphatic carbocycles. The first-order valence-corrected chi connectivity index (χ1v) is 9.76. The van der Waals surface area contributed by atoms with Crippen molar-refractivity contribution in [2.75, 3.05) is 13.6 Å². The lowest BCUT2D eigenvalue weighted by molar-refractivity contribution is 0.0410. The van der Waals surface area contributed by atoms with Crippen molar-refractivity contribution in [3.05, 3.63) is 106 Å². The average molecular weight is 380 g/mol. The summed E-state index contributed by atoms with van der Waals surface area (Å²) in [5.74, 6) is 0. The van der Waals surface area contributed by atoms with Gasteiger partial charge in [0.15, 0.2) is 0 Å². The fourth-order valence-electron chi connectivity index (χ4n) is 3.07. The summed E-state index contributed by atoms with van der Waals surface area (Å²) in [6, 6.07) is 27.2. The monoisotopic (exact) mass is 379 g/mol. The van der Waals surface area contributed by atoms with Gasteiger partial charge in [-0.25, -0.2) is 0 Å². The number of hydrogen-bond donors (Lipinski definition) is 1. The molecule has 0 radical (unpaired) electrons. The number of halogens is 1. The van der Waals surface area contributed by atoms with Crippen LogP contribution in [0.4, 0.5) is 0 Å². The zero-order valence-electron chi connectivity index (χ0n) is 15.7. The van der Waals surface area contributed by atoms with Gasteiger partial charge in [-0.15, -0.1) is 0 Å².